The number of rotatable bonds is 8. The number of hydrogen-bond acceptors (Lipinski definition) is 4. The lowest BCUT2D eigenvalue weighted by molar-refractivity contribution is 0.669. The monoisotopic (exact) mass is 737 g/mol. The predicted octanol–water partition coefficient (Wildman–Crippen LogP) is 13.8. The maximum Gasteiger partial charge on any atom is 0.164 e. The molecule has 266 valence electrons. The summed E-state index contributed by atoms with van der Waals surface area (Å²) >= 11 is 0. The van der Waals surface area contributed by atoms with Gasteiger partial charge in [-0.3, -0.25) is 0 Å². The van der Waals surface area contributed by atoms with Crippen LogP contribution in [0.15, 0.2) is 236 Å². The Morgan fingerprint density at radius 1 is 0.321 bits per heavy atom. The largest absolute Gasteiger partial charge is 0.456 e. The van der Waals surface area contributed by atoms with Gasteiger partial charge in [0.15, 0.2) is 17.5 Å². The van der Waals surface area contributed by atoms with Crippen molar-refractivity contribution in [2.45, 2.75) is 19.6 Å². The minimum atomic E-state index is -1.78. The molecule has 0 fully saturated rings. The summed E-state index contributed by atoms with van der Waals surface area (Å²) in [4.78, 5) is 20.2. The molecule has 0 N–H and O–H groups in total. The van der Waals surface area contributed by atoms with E-state index in [2.05, 4.69) is 140 Å². The highest BCUT2D eigenvalue weighted by Gasteiger charge is 2.33. The summed E-state index contributed by atoms with van der Waals surface area (Å²) in [5, 5.41) is 1.99. The van der Waals surface area contributed by atoms with Gasteiger partial charge in [-0.2, -0.15) is 0 Å². The van der Waals surface area contributed by atoms with Crippen LogP contribution in [0.2, 0.25) is 0 Å². The summed E-state index contributed by atoms with van der Waals surface area (Å²) in [7, 11) is -1.78. The first-order valence-electron chi connectivity index (χ1n) is 18.7. The molecule has 0 spiro atoms. The zero-order valence-corrected chi connectivity index (χ0v) is 31.2. The third-order valence-electron chi connectivity index (χ3n) is 10.3. The van der Waals surface area contributed by atoms with E-state index in [-0.39, 0.29) is 0 Å². The molecule has 0 radical (unpaired) electrons. The van der Waals surface area contributed by atoms with E-state index in [4.69, 9.17) is 19.4 Å². The van der Waals surface area contributed by atoms with Gasteiger partial charge in [0.05, 0.1) is 0 Å². The van der Waals surface area contributed by atoms with E-state index in [1.807, 2.05) is 72.8 Å². The second-order valence-corrected chi connectivity index (χ2v) is 16.7. The van der Waals surface area contributed by atoms with Crippen LogP contribution in [0.5, 0.6) is 0 Å². The first kappa shape index (κ1) is 33.5. The minimum Gasteiger partial charge on any atom is -0.456 e. The Labute approximate surface area is 327 Å². The van der Waals surface area contributed by atoms with E-state index in [0.717, 1.165) is 49.8 Å². The van der Waals surface area contributed by atoms with Gasteiger partial charge in [-0.25, -0.2) is 15.0 Å². The average Bonchev–Trinajstić information content (AvgIpc) is 3.67. The molecule has 10 rings (SSSR count). The van der Waals surface area contributed by atoms with Crippen LogP contribution < -0.4 is 0 Å². The van der Waals surface area contributed by atoms with Gasteiger partial charge in [0.25, 0.3) is 0 Å². The molecule has 0 atom stereocenters. The maximum absolute atomic E-state index is 6.48. The van der Waals surface area contributed by atoms with Crippen LogP contribution >= 0.6 is 10.0 Å². The molecule has 0 aliphatic rings. The van der Waals surface area contributed by atoms with Gasteiger partial charge in [0.2, 0.25) is 0 Å². The lowest BCUT2D eigenvalue weighted by atomic mass is 10.0. The fourth-order valence-electron chi connectivity index (χ4n) is 7.66. The van der Waals surface area contributed by atoms with E-state index < -0.39 is 10.0 Å². The van der Waals surface area contributed by atoms with E-state index >= 15 is 0 Å². The molecular formula is C51H35N3OS. The molecule has 4 nitrogen and oxygen atoms in total. The van der Waals surface area contributed by atoms with Gasteiger partial charge in [0, 0.05) is 47.0 Å². The third-order valence-corrected chi connectivity index (χ3v) is 14.2. The molecule has 0 saturated heterocycles. The number of furan rings is 1. The lowest BCUT2D eigenvalue weighted by Crippen LogP contribution is -2.05. The summed E-state index contributed by atoms with van der Waals surface area (Å²) in [5.74, 6) is 1.85. The van der Waals surface area contributed by atoms with E-state index in [1.54, 1.807) is 0 Å². The second kappa shape index (κ2) is 14.3. The van der Waals surface area contributed by atoms with Crippen molar-refractivity contribution in [3.8, 4) is 45.3 Å². The third kappa shape index (κ3) is 5.86. The average molecular weight is 738 g/mol. The summed E-state index contributed by atoms with van der Waals surface area (Å²) in [5.41, 5.74) is 6.59. The van der Waals surface area contributed by atoms with Crippen molar-refractivity contribution >= 4 is 32.0 Å². The maximum atomic E-state index is 6.48. The molecule has 2 heterocycles. The van der Waals surface area contributed by atoms with Crippen LogP contribution in [0.1, 0.15) is 0 Å². The number of fused-ring (bicyclic) bond motifs is 3. The summed E-state index contributed by atoms with van der Waals surface area (Å²) in [6.07, 6.45) is 0. The van der Waals surface area contributed by atoms with Crippen molar-refractivity contribution in [1.29, 1.82) is 0 Å². The van der Waals surface area contributed by atoms with Crippen molar-refractivity contribution < 1.29 is 4.42 Å². The van der Waals surface area contributed by atoms with Gasteiger partial charge >= 0.3 is 0 Å². The van der Waals surface area contributed by atoms with Crippen LogP contribution in [-0.4, -0.2) is 15.0 Å². The van der Waals surface area contributed by atoms with E-state index in [1.165, 1.54) is 19.6 Å². The van der Waals surface area contributed by atoms with E-state index in [9.17, 15) is 0 Å². The van der Waals surface area contributed by atoms with Gasteiger partial charge in [0.1, 0.15) is 11.2 Å². The smallest absolute Gasteiger partial charge is 0.164 e. The first-order chi connectivity index (χ1) is 27.8. The Balaban J connectivity index is 1.12. The van der Waals surface area contributed by atoms with Crippen molar-refractivity contribution in [2.75, 3.05) is 0 Å². The SMILES string of the molecule is c1ccc(-c2nc(-c3ccccc3)nc(-c3cccc4oc5ccc(-c6ccc(S(c7ccccc7)(c7ccccc7)c7ccccc7)cc6)cc5c34)n2)cc1. The molecule has 5 heteroatoms. The summed E-state index contributed by atoms with van der Waals surface area (Å²) in [6.45, 7) is 0. The van der Waals surface area contributed by atoms with Crippen molar-refractivity contribution in [3.63, 3.8) is 0 Å². The van der Waals surface area contributed by atoms with Crippen LogP contribution in [0.3, 0.4) is 0 Å². The molecule has 0 aliphatic carbocycles. The minimum absolute atomic E-state index is 0.600. The number of benzene rings is 8. The summed E-state index contributed by atoms with van der Waals surface area (Å²) in [6, 6.07) is 74.7. The molecule has 0 saturated carbocycles. The van der Waals surface area contributed by atoms with E-state index in [0.29, 0.717) is 17.5 Å². The van der Waals surface area contributed by atoms with Crippen LogP contribution in [-0.2, 0) is 0 Å². The molecule has 2 aromatic heterocycles. The molecule has 0 aliphatic heterocycles. The van der Waals surface area contributed by atoms with Crippen molar-refractivity contribution in [3.05, 3.63) is 212 Å². The standard InChI is InChI=1S/C51H35N3OS/c1-6-17-37(18-7-1)49-52-50(38-19-8-2-9-20-38)54-51(53-49)44-27-16-28-47-48(44)45-35-39(31-34-46(45)55-47)36-29-32-43(33-30-36)56(40-21-10-3-11-22-40,41-23-12-4-13-24-41)42-25-14-5-15-26-42/h1-35H. The van der Waals surface area contributed by atoms with Gasteiger partial charge in [-0.15, -0.1) is 10.0 Å². The van der Waals surface area contributed by atoms with Crippen LogP contribution in [0, 0.1) is 0 Å². The van der Waals surface area contributed by atoms with Gasteiger partial charge in [-0.05, 0) is 77.9 Å². The molecular weight excluding hydrogens is 703 g/mol. The molecule has 56 heavy (non-hydrogen) atoms. The topological polar surface area (TPSA) is 51.8 Å². The fourth-order valence-corrected chi connectivity index (χ4v) is 11.5. The molecule has 0 bridgehead atoms. The molecule has 8 aromatic carbocycles. The number of nitrogens with zero attached hydrogens (tertiary/aromatic N) is 3. The zero-order chi connectivity index (χ0) is 37.3. The Morgan fingerprint density at radius 3 is 1.29 bits per heavy atom. The van der Waals surface area contributed by atoms with Gasteiger partial charge in [-0.1, -0.05) is 146 Å². The highest BCUT2D eigenvalue weighted by atomic mass is 32.3. The highest BCUT2D eigenvalue weighted by molar-refractivity contribution is 8.34. The Kier molecular flexibility index (Phi) is 8.55. The van der Waals surface area contributed by atoms with Crippen molar-refractivity contribution in [1.82, 2.24) is 15.0 Å². The van der Waals surface area contributed by atoms with Crippen LogP contribution in [0.25, 0.3) is 67.2 Å². The second-order valence-electron chi connectivity index (χ2n) is 13.6. The quantitative estimate of drug-likeness (QED) is 0.156. The Hall–Kier alpha value is -7.08. The highest BCUT2D eigenvalue weighted by Crippen LogP contribution is 2.73. The fraction of sp³-hybridized carbons (Fsp3) is 0. The number of hydrogen-bond donors (Lipinski definition) is 0. The number of aromatic nitrogens is 3. The lowest BCUT2D eigenvalue weighted by Gasteiger charge is -2.42. The predicted molar refractivity (Wildman–Crippen MR) is 229 cm³/mol. The molecule has 10 aromatic rings. The Bertz CT molecular complexity index is 2780. The normalized spacial score (nSPS) is 11.9. The summed E-state index contributed by atoms with van der Waals surface area (Å²) < 4.78 is 6.48. The molecule has 0 unspecified atom stereocenters. The first-order valence-corrected chi connectivity index (χ1v) is 20.3. The van der Waals surface area contributed by atoms with Crippen LogP contribution in [0.4, 0.5) is 0 Å². The van der Waals surface area contributed by atoms with Crippen molar-refractivity contribution in [2.24, 2.45) is 0 Å². The Morgan fingerprint density at radius 2 is 0.768 bits per heavy atom. The van der Waals surface area contributed by atoms with Gasteiger partial charge < -0.3 is 4.42 Å². The zero-order valence-electron chi connectivity index (χ0n) is 30.4. The molecule has 0 amide bonds.